The van der Waals surface area contributed by atoms with Crippen LogP contribution in [0.2, 0.25) is 0 Å². The number of hydrogen-bond donors (Lipinski definition) is 3. The first-order valence-electron chi connectivity index (χ1n) is 7.90. The van der Waals surface area contributed by atoms with Crippen LogP contribution in [0.15, 0.2) is 58.4 Å². The van der Waals surface area contributed by atoms with Crippen molar-refractivity contribution in [2.24, 2.45) is 12.1 Å². The molecule has 0 fully saturated rings. The zero-order valence-corrected chi connectivity index (χ0v) is 14.3. The van der Waals surface area contributed by atoms with Crippen LogP contribution in [0.1, 0.15) is 11.1 Å². The number of anilines is 1. The SMILES string of the molecule is Cc1cc(=O)n(C)nc1-c1ccc(N/N=C/c2ccc(O)cc2O)cc1. The Morgan fingerprint density at radius 1 is 1.12 bits per heavy atom. The number of aryl methyl sites for hydroxylation is 2. The van der Waals surface area contributed by atoms with E-state index in [-0.39, 0.29) is 17.1 Å². The van der Waals surface area contributed by atoms with Crippen LogP contribution in [-0.2, 0) is 7.05 Å². The predicted octanol–water partition coefficient (Wildman–Crippen LogP) is 2.61. The first-order valence-corrected chi connectivity index (χ1v) is 7.90. The summed E-state index contributed by atoms with van der Waals surface area (Å²) in [5.74, 6) is -0.0624. The molecule has 0 bridgehead atoms. The lowest BCUT2D eigenvalue weighted by Crippen LogP contribution is -2.19. The molecule has 3 N–H and O–H groups in total. The summed E-state index contributed by atoms with van der Waals surface area (Å²) < 4.78 is 1.31. The van der Waals surface area contributed by atoms with Gasteiger partial charge in [-0.05, 0) is 36.8 Å². The van der Waals surface area contributed by atoms with Crippen LogP contribution in [-0.4, -0.2) is 26.2 Å². The lowest BCUT2D eigenvalue weighted by molar-refractivity contribution is 0.450. The molecule has 3 rings (SSSR count). The second-order valence-corrected chi connectivity index (χ2v) is 5.83. The summed E-state index contributed by atoms with van der Waals surface area (Å²) in [6, 6.07) is 13.3. The summed E-state index contributed by atoms with van der Waals surface area (Å²) >= 11 is 0. The number of rotatable bonds is 4. The van der Waals surface area contributed by atoms with Gasteiger partial charge in [0.25, 0.3) is 5.56 Å². The van der Waals surface area contributed by atoms with Gasteiger partial charge in [-0.2, -0.15) is 10.2 Å². The molecular weight excluding hydrogens is 332 g/mol. The molecule has 0 aliphatic heterocycles. The van der Waals surface area contributed by atoms with E-state index < -0.39 is 0 Å². The molecular formula is C19H18N4O3. The third kappa shape index (κ3) is 3.72. The van der Waals surface area contributed by atoms with E-state index in [9.17, 15) is 15.0 Å². The molecule has 0 aliphatic rings. The van der Waals surface area contributed by atoms with Crippen LogP contribution in [0.4, 0.5) is 5.69 Å². The smallest absolute Gasteiger partial charge is 0.266 e. The van der Waals surface area contributed by atoms with Crippen molar-refractivity contribution in [1.29, 1.82) is 0 Å². The van der Waals surface area contributed by atoms with Gasteiger partial charge in [-0.25, -0.2) is 4.68 Å². The molecule has 0 unspecified atom stereocenters. The Hall–Kier alpha value is -3.61. The molecule has 0 amide bonds. The molecule has 0 aliphatic carbocycles. The van der Waals surface area contributed by atoms with Crippen molar-refractivity contribution in [1.82, 2.24) is 9.78 Å². The number of aromatic hydroxyl groups is 2. The highest BCUT2D eigenvalue weighted by Gasteiger charge is 2.06. The fourth-order valence-corrected chi connectivity index (χ4v) is 2.43. The molecule has 26 heavy (non-hydrogen) atoms. The molecule has 1 aromatic heterocycles. The zero-order chi connectivity index (χ0) is 18.7. The standard InChI is InChI=1S/C19H18N4O3/c1-12-9-18(26)23(2)22-19(12)13-3-6-15(7-4-13)21-20-11-14-5-8-16(24)10-17(14)25/h3-11,21,24-25H,1-2H3/b20-11+. The minimum Gasteiger partial charge on any atom is -0.508 e. The van der Waals surface area contributed by atoms with E-state index >= 15 is 0 Å². The topological polar surface area (TPSA) is 99.7 Å². The van der Waals surface area contributed by atoms with Gasteiger partial charge in [-0.1, -0.05) is 12.1 Å². The van der Waals surface area contributed by atoms with Gasteiger partial charge in [0.2, 0.25) is 0 Å². The Morgan fingerprint density at radius 2 is 1.85 bits per heavy atom. The second kappa shape index (κ2) is 7.10. The largest absolute Gasteiger partial charge is 0.508 e. The maximum atomic E-state index is 11.6. The second-order valence-electron chi connectivity index (χ2n) is 5.83. The Bertz CT molecular complexity index is 1020. The van der Waals surface area contributed by atoms with Gasteiger partial charge in [-0.3, -0.25) is 10.2 Å². The number of phenolic OH excluding ortho intramolecular Hbond substituents is 2. The number of benzene rings is 2. The highest BCUT2D eigenvalue weighted by Crippen LogP contribution is 2.22. The van der Waals surface area contributed by atoms with Crippen LogP contribution in [0.25, 0.3) is 11.3 Å². The first kappa shape index (κ1) is 17.2. The molecule has 0 atom stereocenters. The highest BCUT2D eigenvalue weighted by molar-refractivity contribution is 5.84. The quantitative estimate of drug-likeness (QED) is 0.496. The summed E-state index contributed by atoms with van der Waals surface area (Å²) in [7, 11) is 1.62. The molecule has 7 heteroatoms. The first-order chi connectivity index (χ1) is 12.4. The fourth-order valence-electron chi connectivity index (χ4n) is 2.43. The molecule has 132 valence electrons. The zero-order valence-electron chi connectivity index (χ0n) is 14.3. The summed E-state index contributed by atoms with van der Waals surface area (Å²) in [5, 5.41) is 27.3. The van der Waals surface area contributed by atoms with Crippen molar-refractivity contribution in [2.75, 3.05) is 5.43 Å². The highest BCUT2D eigenvalue weighted by atomic mass is 16.3. The van der Waals surface area contributed by atoms with Gasteiger partial charge in [0.15, 0.2) is 0 Å². The van der Waals surface area contributed by atoms with Crippen molar-refractivity contribution in [3.8, 4) is 22.8 Å². The molecule has 0 saturated heterocycles. The lowest BCUT2D eigenvalue weighted by Gasteiger charge is -2.07. The minimum atomic E-state index is -0.142. The van der Waals surface area contributed by atoms with E-state index in [1.54, 1.807) is 19.2 Å². The number of nitrogens with zero attached hydrogens (tertiary/aromatic N) is 3. The minimum absolute atomic E-state index is 0.00878. The van der Waals surface area contributed by atoms with Gasteiger partial charge in [0.1, 0.15) is 11.5 Å². The Labute approximate surface area is 149 Å². The van der Waals surface area contributed by atoms with Crippen LogP contribution >= 0.6 is 0 Å². The van der Waals surface area contributed by atoms with Crippen molar-refractivity contribution < 1.29 is 10.2 Å². The Balaban J connectivity index is 1.75. The van der Waals surface area contributed by atoms with Crippen LogP contribution in [0.3, 0.4) is 0 Å². The third-order valence-electron chi connectivity index (χ3n) is 3.85. The van der Waals surface area contributed by atoms with Crippen LogP contribution in [0, 0.1) is 6.92 Å². The average Bonchev–Trinajstić information content (AvgIpc) is 2.61. The summed E-state index contributed by atoms with van der Waals surface area (Å²) in [6.45, 7) is 1.85. The molecule has 2 aromatic carbocycles. The maximum absolute atomic E-state index is 11.6. The lowest BCUT2D eigenvalue weighted by atomic mass is 10.1. The number of nitrogens with one attached hydrogen (secondary N) is 1. The van der Waals surface area contributed by atoms with Crippen molar-refractivity contribution >= 4 is 11.9 Å². The van der Waals surface area contributed by atoms with E-state index in [1.165, 1.54) is 23.0 Å². The van der Waals surface area contributed by atoms with Gasteiger partial charge in [-0.15, -0.1) is 0 Å². The van der Waals surface area contributed by atoms with Crippen molar-refractivity contribution in [3.05, 3.63) is 70.0 Å². The molecule has 1 heterocycles. The van der Waals surface area contributed by atoms with E-state index in [4.69, 9.17) is 0 Å². The van der Waals surface area contributed by atoms with E-state index in [1.807, 2.05) is 31.2 Å². The van der Waals surface area contributed by atoms with Gasteiger partial charge in [0.05, 0.1) is 17.6 Å². The molecule has 0 spiro atoms. The number of phenols is 2. The van der Waals surface area contributed by atoms with Crippen molar-refractivity contribution in [2.45, 2.75) is 6.92 Å². The normalized spacial score (nSPS) is 11.0. The Kier molecular flexibility index (Phi) is 4.70. The van der Waals surface area contributed by atoms with Gasteiger partial charge >= 0.3 is 0 Å². The van der Waals surface area contributed by atoms with E-state index in [2.05, 4.69) is 15.6 Å². The molecule has 0 saturated carbocycles. The van der Waals surface area contributed by atoms with Crippen molar-refractivity contribution in [3.63, 3.8) is 0 Å². The van der Waals surface area contributed by atoms with E-state index in [0.717, 1.165) is 22.5 Å². The Morgan fingerprint density at radius 3 is 2.54 bits per heavy atom. The maximum Gasteiger partial charge on any atom is 0.266 e. The monoisotopic (exact) mass is 350 g/mol. The summed E-state index contributed by atoms with van der Waals surface area (Å²) in [5.41, 5.74) is 6.42. The van der Waals surface area contributed by atoms with E-state index in [0.29, 0.717) is 5.56 Å². The summed E-state index contributed by atoms with van der Waals surface area (Å²) in [6.07, 6.45) is 1.46. The molecule has 7 nitrogen and oxygen atoms in total. The van der Waals surface area contributed by atoms with Crippen LogP contribution < -0.4 is 11.0 Å². The molecule has 3 aromatic rings. The summed E-state index contributed by atoms with van der Waals surface area (Å²) in [4.78, 5) is 11.6. The fraction of sp³-hybridized carbons (Fsp3) is 0.105. The third-order valence-corrected chi connectivity index (χ3v) is 3.85. The van der Waals surface area contributed by atoms with Crippen LogP contribution in [0.5, 0.6) is 11.5 Å². The predicted molar refractivity (Wildman–Crippen MR) is 101 cm³/mol. The molecule has 0 radical (unpaired) electrons. The van der Waals surface area contributed by atoms with Gasteiger partial charge in [0, 0.05) is 30.3 Å². The van der Waals surface area contributed by atoms with Gasteiger partial charge < -0.3 is 10.2 Å². The average molecular weight is 350 g/mol. The number of aromatic nitrogens is 2. The number of hydrogen-bond acceptors (Lipinski definition) is 6. The number of hydrazone groups is 1.